The number of hydroxylamine groups is 1. The summed E-state index contributed by atoms with van der Waals surface area (Å²) in [5.74, 6) is 0. The van der Waals surface area contributed by atoms with Crippen LogP contribution in [0.1, 0.15) is 18.6 Å². The molecule has 0 aromatic heterocycles. The fourth-order valence-electron chi connectivity index (χ4n) is 1.39. The van der Waals surface area contributed by atoms with Crippen molar-refractivity contribution in [3.05, 3.63) is 52.7 Å². The Kier molecular flexibility index (Phi) is 5.18. The summed E-state index contributed by atoms with van der Waals surface area (Å²) < 4.78 is 0. The van der Waals surface area contributed by atoms with Gasteiger partial charge < -0.3 is 10.8 Å². The predicted octanol–water partition coefficient (Wildman–Crippen LogP) is 1.28. The fourth-order valence-corrected chi connectivity index (χ4v) is 1.51. The number of allylic oxidation sites excluding steroid dienone is 1. The van der Waals surface area contributed by atoms with E-state index in [1.54, 1.807) is 37.3 Å². The van der Waals surface area contributed by atoms with Crippen molar-refractivity contribution < 1.29 is 15.8 Å². The maximum atomic E-state index is 10.1. The first-order valence-corrected chi connectivity index (χ1v) is 5.50. The molecule has 0 bridgehead atoms. The molecule has 0 aliphatic heterocycles. The Labute approximate surface area is 105 Å². The summed E-state index contributed by atoms with van der Waals surface area (Å²) in [7, 11) is 0. The van der Waals surface area contributed by atoms with E-state index < -0.39 is 6.10 Å². The molecule has 0 aliphatic rings. The van der Waals surface area contributed by atoms with Crippen LogP contribution < -0.4 is 11.2 Å². The molecule has 1 unspecified atom stereocenters. The van der Waals surface area contributed by atoms with Crippen LogP contribution in [0.15, 0.2) is 47.1 Å². The van der Waals surface area contributed by atoms with Gasteiger partial charge in [-0.15, -0.1) is 0 Å². The summed E-state index contributed by atoms with van der Waals surface area (Å²) in [6.45, 7) is 1.79. The molecule has 0 saturated carbocycles. The zero-order valence-electron chi connectivity index (χ0n) is 9.47. The molecule has 0 heterocycles. The molecule has 0 amide bonds. The number of hydrogen-bond donors (Lipinski definition) is 4. The zero-order chi connectivity index (χ0) is 12.8. The van der Waals surface area contributed by atoms with Crippen molar-refractivity contribution in [3.8, 4) is 0 Å². The van der Waals surface area contributed by atoms with Gasteiger partial charge in [0.1, 0.15) is 6.10 Å². The van der Waals surface area contributed by atoms with Gasteiger partial charge in [0.25, 0.3) is 0 Å². The van der Waals surface area contributed by atoms with E-state index in [-0.39, 0.29) is 5.16 Å². The molecular weight excluding hydrogens is 240 g/mol. The Hall–Kier alpha value is -1.33. The highest BCUT2D eigenvalue weighted by Crippen LogP contribution is 2.23. The van der Waals surface area contributed by atoms with E-state index in [1.807, 2.05) is 0 Å². The van der Waals surface area contributed by atoms with E-state index in [2.05, 4.69) is 0 Å². The van der Waals surface area contributed by atoms with Crippen LogP contribution in [0, 0.1) is 0 Å². The largest absolute Gasteiger partial charge is 0.399 e. The molecule has 6 N–H and O–H groups in total. The molecule has 4 nitrogen and oxygen atoms in total. The van der Waals surface area contributed by atoms with Gasteiger partial charge in [-0.25, -0.2) is 5.21 Å². The average molecular weight is 256 g/mol. The van der Waals surface area contributed by atoms with Crippen LogP contribution in [-0.2, 0) is 0 Å². The molecule has 0 fully saturated rings. The molecule has 1 aromatic carbocycles. The summed E-state index contributed by atoms with van der Waals surface area (Å²) in [6, 6.07) is 6.92. The van der Waals surface area contributed by atoms with E-state index in [0.717, 1.165) is 5.48 Å². The molecule has 92 valence electrons. The lowest BCUT2D eigenvalue weighted by molar-refractivity contribution is -0.844. The van der Waals surface area contributed by atoms with Gasteiger partial charge in [-0.1, -0.05) is 18.2 Å². The van der Waals surface area contributed by atoms with Gasteiger partial charge in [0.05, 0.1) is 0 Å². The summed E-state index contributed by atoms with van der Waals surface area (Å²) >= 11 is 5.68. The highest BCUT2D eigenvalue weighted by Gasteiger charge is 2.12. The zero-order valence-corrected chi connectivity index (χ0v) is 10.2. The first-order chi connectivity index (χ1) is 8.08. The Bertz CT molecular complexity index is 427. The van der Waals surface area contributed by atoms with Gasteiger partial charge in [0.2, 0.25) is 5.16 Å². The standard InChI is InChI=1S/C12H15ClN2O2/c1-2-8(7-11(13)15-17)12(16)9-3-5-10(14)6-4-9/h2-7,12,15-17H,14H2,1H3/p+1/b8-2+,11-7-. The third-order valence-corrected chi connectivity index (χ3v) is 2.54. The number of aliphatic hydroxyl groups excluding tert-OH is 1. The highest BCUT2D eigenvalue weighted by molar-refractivity contribution is 6.27. The number of rotatable bonds is 4. The predicted molar refractivity (Wildman–Crippen MR) is 67.2 cm³/mol. The summed E-state index contributed by atoms with van der Waals surface area (Å²) in [6.07, 6.45) is 2.43. The van der Waals surface area contributed by atoms with Crippen molar-refractivity contribution in [2.45, 2.75) is 13.0 Å². The SMILES string of the molecule is C/C=C(\C=C(\Cl)[NH2+]O)C(O)c1ccc(N)cc1. The van der Waals surface area contributed by atoms with Gasteiger partial charge in [0, 0.05) is 11.8 Å². The lowest BCUT2D eigenvalue weighted by Gasteiger charge is -2.12. The molecule has 0 radical (unpaired) electrons. The summed E-state index contributed by atoms with van der Waals surface area (Å²) in [5, 5.41) is 19.0. The first kappa shape index (κ1) is 13.7. The molecule has 1 rings (SSSR count). The van der Waals surface area contributed by atoms with Crippen molar-refractivity contribution in [1.82, 2.24) is 0 Å². The summed E-state index contributed by atoms with van der Waals surface area (Å²) in [4.78, 5) is 0. The molecule has 17 heavy (non-hydrogen) atoms. The minimum Gasteiger partial charge on any atom is -0.399 e. The van der Waals surface area contributed by atoms with Crippen LogP contribution in [0.2, 0.25) is 0 Å². The van der Waals surface area contributed by atoms with Crippen molar-refractivity contribution in [3.63, 3.8) is 0 Å². The third kappa shape index (κ3) is 3.87. The first-order valence-electron chi connectivity index (χ1n) is 5.12. The Morgan fingerprint density at radius 2 is 2.00 bits per heavy atom. The number of anilines is 1. The molecule has 0 saturated heterocycles. The molecular formula is C12H16ClN2O2+. The molecule has 0 aliphatic carbocycles. The van der Waals surface area contributed by atoms with Gasteiger partial charge in [-0.2, -0.15) is 5.48 Å². The maximum Gasteiger partial charge on any atom is 0.230 e. The van der Waals surface area contributed by atoms with E-state index in [0.29, 0.717) is 16.8 Å². The van der Waals surface area contributed by atoms with E-state index in [9.17, 15) is 5.11 Å². The Morgan fingerprint density at radius 3 is 2.47 bits per heavy atom. The summed E-state index contributed by atoms with van der Waals surface area (Å²) in [5.41, 5.74) is 8.30. The molecule has 1 aromatic rings. The second-order valence-corrected chi connectivity index (χ2v) is 3.95. The van der Waals surface area contributed by atoms with E-state index >= 15 is 0 Å². The van der Waals surface area contributed by atoms with Crippen LogP contribution in [0.25, 0.3) is 0 Å². The monoisotopic (exact) mass is 255 g/mol. The quantitative estimate of drug-likeness (QED) is 0.283. The second-order valence-electron chi connectivity index (χ2n) is 3.52. The maximum absolute atomic E-state index is 10.1. The second kappa shape index (κ2) is 6.42. The molecule has 5 heteroatoms. The number of nitrogens with two attached hydrogens (primary N) is 2. The minimum absolute atomic E-state index is 0.160. The van der Waals surface area contributed by atoms with E-state index in [1.165, 1.54) is 6.08 Å². The Morgan fingerprint density at radius 1 is 1.41 bits per heavy atom. The number of quaternary nitrogens is 1. The smallest absolute Gasteiger partial charge is 0.230 e. The van der Waals surface area contributed by atoms with Crippen molar-refractivity contribution in [1.29, 1.82) is 0 Å². The van der Waals surface area contributed by atoms with Crippen LogP contribution in [-0.4, -0.2) is 10.3 Å². The lowest BCUT2D eigenvalue weighted by Crippen LogP contribution is -2.77. The minimum atomic E-state index is -0.797. The lowest BCUT2D eigenvalue weighted by atomic mass is 10.0. The van der Waals surface area contributed by atoms with Gasteiger partial charge in [-0.05, 0) is 41.8 Å². The number of halogens is 1. The molecule has 0 spiro atoms. The normalized spacial score (nSPS) is 14.8. The Balaban J connectivity index is 2.95. The highest BCUT2D eigenvalue weighted by atomic mass is 35.5. The number of hydrogen-bond acceptors (Lipinski definition) is 3. The van der Waals surface area contributed by atoms with Gasteiger partial charge >= 0.3 is 0 Å². The number of aliphatic hydroxyl groups is 1. The average Bonchev–Trinajstić information content (AvgIpc) is 2.35. The van der Waals surface area contributed by atoms with Gasteiger partial charge in [-0.3, -0.25) is 0 Å². The van der Waals surface area contributed by atoms with Crippen molar-refractivity contribution in [2.75, 3.05) is 5.73 Å². The van der Waals surface area contributed by atoms with Crippen molar-refractivity contribution >= 4 is 17.3 Å². The third-order valence-electron chi connectivity index (χ3n) is 2.33. The number of benzene rings is 1. The fraction of sp³-hybridized carbons (Fsp3) is 0.167. The molecule has 1 atom stereocenters. The topological polar surface area (TPSA) is 83.1 Å². The number of nitrogen functional groups attached to an aromatic ring is 1. The van der Waals surface area contributed by atoms with E-state index in [4.69, 9.17) is 22.5 Å². The van der Waals surface area contributed by atoms with Crippen LogP contribution >= 0.6 is 11.6 Å². The van der Waals surface area contributed by atoms with Gasteiger partial charge in [0.15, 0.2) is 0 Å². The van der Waals surface area contributed by atoms with Crippen LogP contribution in [0.3, 0.4) is 0 Å². The van der Waals surface area contributed by atoms with Crippen molar-refractivity contribution in [2.24, 2.45) is 0 Å². The van der Waals surface area contributed by atoms with Crippen LogP contribution in [0.4, 0.5) is 5.69 Å². The van der Waals surface area contributed by atoms with Crippen LogP contribution in [0.5, 0.6) is 0 Å².